The Morgan fingerprint density at radius 2 is 2.10 bits per heavy atom. The minimum Gasteiger partial charge on any atom is -0.378 e. The van der Waals surface area contributed by atoms with E-state index in [0.717, 1.165) is 43.4 Å². The van der Waals surface area contributed by atoms with Crippen LogP contribution in [0.15, 0.2) is 12.7 Å². The summed E-state index contributed by atoms with van der Waals surface area (Å²) in [6, 6.07) is 0.529. The van der Waals surface area contributed by atoms with Gasteiger partial charge in [-0.1, -0.05) is 13.8 Å². The van der Waals surface area contributed by atoms with Crippen LogP contribution in [0.2, 0.25) is 0 Å². The first-order chi connectivity index (χ1) is 14.1. The van der Waals surface area contributed by atoms with Crippen LogP contribution in [0.4, 0.5) is 5.82 Å². The number of hydrogen-bond donors (Lipinski definition) is 1. The number of fused-ring (bicyclic) bond motifs is 3. The first-order valence-corrected chi connectivity index (χ1v) is 10.9. The predicted molar refractivity (Wildman–Crippen MR) is 109 cm³/mol. The molecule has 3 atom stereocenters. The molecule has 1 amide bonds. The number of ether oxygens (including phenoxy) is 1. The maximum absolute atomic E-state index is 13.9. The van der Waals surface area contributed by atoms with Gasteiger partial charge < -0.3 is 19.5 Å². The molecule has 0 saturated carbocycles. The van der Waals surface area contributed by atoms with E-state index in [-0.39, 0.29) is 11.5 Å². The highest BCUT2D eigenvalue weighted by molar-refractivity contribution is 5.88. The van der Waals surface area contributed by atoms with Crippen molar-refractivity contribution in [1.82, 2.24) is 24.8 Å². The van der Waals surface area contributed by atoms with Gasteiger partial charge in [0.1, 0.15) is 11.8 Å². The molecule has 2 aromatic heterocycles. The summed E-state index contributed by atoms with van der Waals surface area (Å²) in [6.07, 6.45) is 8.34. The van der Waals surface area contributed by atoms with Crippen LogP contribution in [0, 0.1) is 11.3 Å². The number of aromatic nitrogens is 4. The number of nitrogens with zero attached hydrogens (tertiary/aromatic N) is 5. The van der Waals surface area contributed by atoms with Crippen molar-refractivity contribution in [3.63, 3.8) is 0 Å². The average molecular weight is 399 g/mol. The molecule has 1 N–H and O–H groups in total. The standard InChI is InChI=1S/C21H30N6O2/c1-14(2)5-6-21(20(28)26-7-9-29-10-8-26)11-15-3-4-16(21)27(15)19-17-18(23-12-22-17)24-13-25-19/h12-16H,3-11H2,1-2H3,(H,22,23,24,25)/t15-,16+,21+/m1/s1. The van der Waals surface area contributed by atoms with Crippen LogP contribution >= 0.6 is 0 Å². The van der Waals surface area contributed by atoms with Gasteiger partial charge in [-0.2, -0.15) is 0 Å². The van der Waals surface area contributed by atoms with E-state index in [1.54, 1.807) is 12.7 Å². The Kier molecular flexibility index (Phi) is 4.69. The molecule has 5 rings (SSSR count). The second kappa shape index (κ2) is 7.23. The monoisotopic (exact) mass is 398 g/mol. The molecule has 3 aliphatic heterocycles. The lowest BCUT2D eigenvalue weighted by Gasteiger charge is -2.41. The number of nitrogens with one attached hydrogen (secondary N) is 1. The molecule has 0 radical (unpaired) electrons. The van der Waals surface area contributed by atoms with Gasteiger partial charge in [0.15, 0.2) is 11.5 Å². The first-order valence-electron chi connectivity index (χ1n) is 10.9. The van der Waals surface area contributed by atoms with Gasteiger partial charge in [0, 0.05) is 25.2 Å². The second-order valence-electron chi connectivity index (χ2n) is 9.15. The Labute approximate surface area is 171 Å². The number of rotatable bonds is 5. The van der Waals surface area contributed by atoms with Gasteiger partial charge in [0.2, 0.25) is 5.91 Å². The fourth-order valence-electron chi connectivity index (χ4n) is 5.68. The van der Waals surface area contributed by atoms with Gasteiger partial charge in [0.05, 0.1) is 25.0 Å². The van der Waals surface area contributed by atoms with Crippen LogP contribution in [0.25, 0.3) is 11.2 Å². The fraction of sp³-hybridized carbons (Fsp3) is 0.714. The van der Waals surface area contributed by atoms with Crippen molar-refractivity contribution in [2.24, 2.45) is 11.3 Å². The van der Waals surface area contributed by atoms with Gasteiger partial charge in [-0.15, -0.1) is 0 Å². The van der Waals surface area contributed by atoms with Crippen molar-refractivity contribution in [3.05, 3.63) is 12.7 Å². The molecule has 156 valence electrons. The third-order valence-electron chi connectivity index (χ3n) is 7.08. The van der Waals surface area contributed by atoms with Crippen molar-refractivity contribution in [1.29, 1.82) is 0 Å². The Bertz CT molecular complexity index is 892. The molecule has 0 unspecified atom stereocenters. The number of anilines is 1. The van der Waals surface area contributed by atoms with Crippen LogP contribution in [0.3, 0.4) is 0 Å². The molecular weight excluding hydrogens is 368 g/mol. The number of H-pyrrole nitrogens is 1. The van der Waals surface area contributed by atoms with Crippen LogP contribution in [-0.2, 0) is 9.53 Å². The average Bonchev–Trinajstić information content (AvgIpc) is 3.45. The summed E-state index contributed by atoms with van der Waals surface area (Å²) in [7, 11) is 0. The summed E-state index contributed by atoms with van der Waals surface area (Å²) >= 11 is 0. The Balaban J connectivity index is 1.52. The lowest BCUT2D eigenvalue weighted by Crippen LogP contribution is -2.53. The summed E-state index contributed by atoms with van der Waals surface area (Å²) in [4.78, 5) is 34.8. The van der Waals surface area contributed by atoms with Gasteiger partial charge in [-0.25, -0.2) is 15.0 Å². The van der Waals surface area contributed by atoms with Crippen LogP contribution < -0.4 is 4.90 Å². The zero-order chi connectivity index (χ0) is 20.0. The maximum Gasteiger partial charge on any atom is 0.231 e. The summed E-state index contributed by atoms with van der Waals surface area (Å²) in [6.45, 7) is 7.19. The van der Waals surface area contributed by atoms with E-state index in [1.165, 1.54) is 0 Å². The van der Waals surface area contributed by atoms with Crippen LogP contribution in [0.1, 0.15) is 46.0 Å². The lowest BCUT2D eigenvalue weighted by molar-refractivity contribution is -0.148. The molecule has 8 nitrogen and oxygen atoms in total. The molecule has 3 aliphatic rings. The zero-order valence-electron chi connectivity index (χ0n) is 17.3. The SMILES string of the molecule is CC(C)CC[C@]1(C(=O)N2CCOCC2)C[C@H]2CC[C@@H]1N2c1ncnc2nc[nH]c12. The first kappa shape index (κ1) is 18.8. The van der Waals surface area contributed by atoms with E-state index in [1.807, 2.05) is 0 Å². The van der Waals surface area contributed by atoms with Crippen LogP contribution in [0.5, 0.6) is 0 Å². The predicted octanol–water partition coefficient (Wildman–Crippen LogP) is 2.38. The second-order valence-corrected chi connectivity index (χ2v) is 9.15. The van der Waals surface area contributed by atoms with Crippen molar-refractivity contribution in [2.45, 2.75) is 58.0 Å². The van der Waals surface area contributed by atoms with E-state index in [9.17, 15) is 4.79 Å². The molecular formula is C21H30N6O2. The molecule has 2 aromatic rings. The number of hydrogen-bond acceptors (Lipinski definition) is 6. The Morgan fingerprint density at radius 1 is 1.28 bits per heavy atom. The number of aromatic amines is 1. The summed E-state index contributed by atoms with van der Waals surface area (Å²) in [5.74, 6) is 1.81. The van der Waals surface area contributed by atoms with Crippen molar-refractivity contribution in [3.8, 4) is 0 Å². The molecule has 5 heterocycles. The van der Waals surface area contributed by atoms with E-state index in [0.29, 0.717) is 49.8 Å². The minimum absolute atomic E-state index is 0.183. The van der Waals surface area contributed by atoms with E-state index in [2.05, 4.69) is 43.6 Å². The molecule has 0 aromatic carbocycles. The third kappa shape index (κ3) is 2.99. The van der Waals surface area contributed by atoms with E-state index >= 15 is 0 Å². The highest BCUT2D eigenvalue weighted by Crippen LogP contribution is 2.55. The van der Waals surface area contributed by atoms with Gasteiger partial charge in [-0.3, -0.25) is 4.79 Å². The largest absolute Gasteiger partial charge is 0.378 e. The van der Waals surface area contributed by atoms with Gasteiger partial charge in [-0.05, 0) is 38.0 Å². The highest BCUT2D eigenvalue weighted by atomic mass is 16.5. The summed E-state index contributed by atoms with van der Waals surface area (Å²) < 4.78 is 5.50. The highest BCUT2D eigenvalue weighted by Gasteiger charge is 2.61. The maximum atomic E-state index is 13.9. The topological polar surface area (TPSA) is 87.2 Å². The van der Waals surface area contributed by atoms with E-state index in [4.69, 9.17) is 4.74 Å². The van der Waals surface area contributed by atoms with E-state index < -0.39 is 0 Å². The fourth-order valence-corrected chi connectivity index (χ4v) is 5.68. The van der Waals surface area contributed by atoms with Crippen LogP contribution in [-0.4, -0.2) is 69.1 Å². The molecule has 2 bridgehead atoms. The summed E-state index contributed by atoms with van der Waals surface area (Å²) in [5, 5.41) is 0. The van der Waals surface area contributed by atoms with Crippen molar-refractivity contribution < 1.29 is 9.53 Å². The number of carbonyl (C=O) groups excluding carboxylic acids is 1. The molecule has 3 fully saturated rings. The smallest absolute Gasteiger partial charge is 0.231 e. The number of carbonyl (C=O) groups is 1. The quantitative estimate of drug-likeness (QED) is 0.832. The minimum atomic E-state index is -0.332. The van der Waals surface area contributed by atoms with Crippen molar-refractivity contribution >= 4 is 22.9 Å². The Hall–Kier alpha value is -2.22. The zero-order valence-corrected chi connectivity index (χ0v) is 17.3. The molecule has 3 saturated heterocycles. The number of amides is 1. The van der Waals surface area contributed by atoms with Gasteiger partial charge in [0.25, 0.3) is 0 Å². The molecule has 8 heteroatoms. The van der Waals surface area contributed by atoms with Crippen molar-refractivity contribution in [2.75, 3.05) is 31.2 Å². The molecule has 0 spiro atoms. The van der Waals surface area contributed by atoms with Gasteiger partial charge >= 0.3 is 0 Å². The summed E-state index contributed by atoms with van der Waals surface area (Å²) in [5.41, 5.74) is 1.23. The lowest BCUT2D eigenvalue weighted by atomic mass is 9.69. The third-order valence-corrected chi connectivity index (χ3v) is 7.08. The Morgan fingerprint density at radius 3 is 2.90 bits per heavy atom. The molecule has 29 heavy (non-hydrogen) atoms. The number of imidazole rings is 1. The normalized spacial score (nSPS) is 29.3. The number of morpholine rings is 1. The molecule has 0 aliphatic carbocycles.